The third kappa shape index (κ3) is 2.46. The van der Waals surface area contributed by atoms with Gasteiger partial charge in [0.1, 0.15) is 0 Å². The zero-order valence-electron chi connectivity index (χ0n) is 8.28. The van der Waals surface area contributed by atoms with Gasteiger partial charge in [0, 0.05) is 0 Å². The van der Waals surface area contributed by atoms with Gasteiger partial charge in [0.25, 0.3) is 0 Å². The van der Waals surface area contributed by atoms with Gasteiger partial charge in [0.2, 0.25) is 0 Å². The van der Waals surface area contributed by atoms with Crippen LogP contribution in [0.1, 0.15) is 23.2 Å². The molecule has 1 aliphatic rings. The first kappa shape index (κ1) is 9.95. The SMILES string of the molecule is O=C(C[SeH]1CCCC1)c1ccccc1. The van der Waals surface area contributed by atoms with E-state index < -0.39 is 13.9 Å². The summed E-state index contributed by atoms with van der Waals surface area (Å²) in [6, 6.07) is 9.73. The van der Waals surface area contributed by atoms with E-state index >= 15 is 0 Å². The second-order valence-corrected chi connectivity index (χ2v) is 9.13. The van der Waals surface area contributed by atoms with Crippen LogP contribution in [-0.4, -0.2) is 19.7 Å². The summed E-state index contributed by atoms with van der Waals surface area (Å²) in [5, 5.41) is 3.69. The standard InChI is InChI=1S/C12H16OSe/c13-12(10-14-8-4-5-9-14)11-6-2-1-3-7-11/h1-3,6-7,14H,4-5,8-10H2. The van der Waals surface area contributed by atoms with Gasteiger partial charge >= 0.3 is 89.2 Å². The van der Waals surface area contributed by atoms with Gasteiger partial charge in [-0.15, -0.1) is 0 Å². The van der Waals surface area contributed by atoms with Crippen LogP contribution in [0.3, 0.4) is 0 Å². The number of benzene rings is 1. The van der Waals surface area contributed by atoms with Crippen molar-refractivity contribution in [1.82, 2.24) is 0 Å². The van der Waals surface area contributed by atoms with Crippen LogP contribution in [0, 0.1) is 0 Å². The van der Waals surface area contributed by atoms with Crippen molar-refractivity contribution in [2.75, 3.05) is 0 Å². The molecule has 2 rings (SSSR count). The van der Waals surface area contributed by atoms with Crippen molar-refractivity contribution in [3.05, 3.63) is 35.9 Å². The number of rotatable bonds is 3. The summed E-state index contributed by atoms with van der Waals surface area (Å²) in [5.74, 6) is 0.382. The molecule has 14 heavy (non-hydrogen) atoms. The summed E-state index contributed by atoms with van der Waals surface area (Å²) < 4.78 is 0. The Balaban J connectivity index is 1.95. The van der Waals surface area contributed by atoms with Crippen molar-refractivity contribution >= 4 is 19.7 Å². The summed E-state index contributed by atoms with van der Waals surface area (Å²) >= 11 is -0.724. The Kier molecular flexibility index (Phi) is 3.39. The van der Waals surface area contributed by atoms with E-state index in [4.69, 9.17) is 0 Å². The number of hydrogen-bond donors (Lipinski definition) is 0. The van der Waals surface area contributed by atoms with Gasteiger partial charge < -0.3 is 0 Å². The van der Waals surface area contributed by atoms with Crippen LogP contribution in [0.15, 0.2) is 30.3 Å². The third-order valence-electron chi connectivity index (χ3n) is 2.66. The molecule has 1 aliphatic heterocycles. The summed E-state index contributed by atoms with van der Waals surface area (Å²) in [7, 11) is 0. The number of carbonyl (C=O) groups excluding carboxylic acids is 1. The van der Waals surface area contributed by atoms with E-state index in [1.165, 1.54) is 23.5 Å². The molecule has 1 nitrogen and oxygen atoms in total. The van der Waals surface area contributed by atoms with Crippen LogP contribution >= 0.6 is 0 Å². The fraction of sp³-hybridized carbons (Fsp3) is 0.417. The van der Waals surface area contributed by atoms with Gasteiger partial charge in [-0.1, -0.05) is 0 Å². The first-order valence-electron chi connectivity index (χ1n) is 5.17. The van der Waals surface area contributed by atoms with Crippen molar-refractivity contribution in [2.45, 2.75) is 28.8 Å². The Morgan fingerprint density at radius 2 is 1.79 bits per heavy atom. The summed E-state index contributed by atoms with van der Waals surface area (Å²) in [5.41, 5.74) is 0.911. The fourth-order valence-electron chi connectivity index (χ4n) is 1.86. The Hall–Kier alpha value is -0.591. The second kappa shape index (κ2) is 4.77. The topological polar surface area (TPSA) is 17.1 Å². The van der Waals surface area contributed by atoms with Gasteiger partial charge in [-0.3, -0.25) is 0 Å². The molecule has 0 aliphatic carbocycles. The molecular weight excluding hydrogens is 239 g/mol. The molecule has 0 N–H and O–H groups in total. The Bertz CT molecular complexity index is 301. The van der Waals surface area contributed by atoms with Crippen LogP contribution in [0.5, 0.6) is 0 Å². The molecular formula is C12H16OSe. The summed E-state index contributed by atoms with van der Waals surface area (Å²) in [4.78, 5) is 11.8. The maximum absolute atomic E-state index is 11.8. The molecule has 1 aromatic rings. The van der Waals surface area contributed by atoms with Crippen LogP contribution in [0.2, 0.25) is 16.0 Å². The van der Waals surface area contributed by atoms with Crippen molar-refractivity contribution < 1.29 is 4.79 Å². The predicted molar refractivity (Wildman–Crippen MR) is 61.6 cm³/mol. The molecule has 0 radical (unpaired) electrons. The Morgan fingerprint density at radius 3 is 2.43 bits per heavy atom. The Labute approximate surface area is 89.4 Å². The minimum atomic E-state index is -0.724. The van der Waals surface area contributed by atoms with Crippen molar-refractivity contribution in [1.29, 1.82) is 0 Å². The average Bonchev–Trinajstić information content (AvgIpc) is 2.72. The van der Waals surface area contributed by atoms with Gasteiger partial charge in [-0.25, -0.2) is 0 Å². The van der Waals surface area contributed by atoms with Crippen LogP contribution in [0.4, 0.5) is 0 Å². The minimum absolute atomic E-state index is 0.382. The van der Waals surface area contributed by atoms with Crippen molar-refractivity contribution in [3.8, 4) is 0 Å². The molecule has 1 aromatic carbocycles. The van der Waals surface area contributed by atoms with E-state index in [-0.39, 0.29) is 0 Å². The predicted octanol–water partition coefficient (Wildman–Crippen LogP) is 2.89. The molecule has 2 heteroatoms. The molecule has 76 valence electrons. The second-order valence-electron chi connectivity index (χ2n) is 3.77. The zero-order chi connectivity index (χ0) is 9.80. The number of ketones is 1. The zero-order valence-corrected chi connectivity index (χ0v) is 10.2. The molecule has 0 aromatic heterocycles. The fourth-order valence-corrected chi connectivity index (χ4v) is 7.04. The number of Topliss-reactive ketones (excluding diaryl/α,β-unsaturated/α-hetero) is 1. The van der Waals surface area contributed by atoms with Crippen molar-refractivity contribution in [2.24, 2.45) is 0 Å². The Morgan fingerprint density at radius 1 is 1.14 bits per heavy atom. The number of carbonyl (C=O) groups is 1. The monoisotopic (exact) mass is 256 g/mol. The quantitative estimate of drug-likeness (QED) is 0.599. The van der Waals surface area contributed by atoms with Crippen LogP contribution in [0.25, 0.3) is 0 Å². The summed E-state index contributed by atoms with van der Waals surface area (Å²) in [6.45, 7) is 0. The van der Waals surface area contributed by atoms with E-state index in [0.29, 0.717) is 5.78 Å². The van der Waals surface area contributed by atoms with Gasteiger partial charge in [-0.05, 0) is 0 Å². The third-order valence-corrected chi connectivity index (χ3v) is 8.18. The normalized spacial score (nSPS) is 18.4. The van der Waals surface area contributed by atoms with E-state index in [1.807, 2.05) is 30.3 Å². The van der Waals surface area contributed by atoms with Crippen LogP contribution < -0.4 is 0 Å². The number of hydrogen-bond acceptors (Lipinski definition) is 1. The molecule has 0 bridgehead atoms. The average molecular weight is 255 g/mol. The first-order chi connectivity index (χ1) is 6.86. The van der Waals surface area contributed by atoms with Crippen LogP contribution in [-0.2, 0) is 0 Å². The van der Waals surface area contributed by atoms with E-state index in [9.17, 15) is 4.79 Å². The molecule has 1 fully saturated rings. The maximum atomic E-state index is 11.8. The molecule has 0 saturated carbocycles. The van der Waals surface area contributed by atoms with E-state index in [1.54, 1.807) is 0 Å². The van der Waals surface area contributed by atoms with Gasteiger partial charge in [0.15, 0.2) is 0 Å². The molecule has 0 unspecified atom stereocenters. The van der Waals surface area contributed by atoms with Gasteiger partial charge in [0.05, 0.1) is 0 Å². The molecule has 0 atom stereocenters. The summed E-state index contributed by atoms with van der Waals surface area (Å²) in [6.07, 6.45) is 2.75. The molecule has 0 spiro atoms. The molecule has 0 amide bonds. The molecule has 1 saturated heterocycles. The van der Waals surface area contributed by atoms with Crippen molar-refractivity contribution in [3.63, 3.8) is 0 Å². The molecule has 1 heterocycles. The van der Waals surface area contributed by atoms with E-state index in [0.717, 1.165) is 10.9 Å². The van der Waals surface area contributed by atoms with E-state index in [2.05, 4.69) is 0 Å². The first-order valence-corrected chi connectivity index (χ1v) is 9.15. The van der Waals surface area contributed by atoms with Gasteiger partial charge in [-0.2, -0.15) is 0 Å².